The van der Waals surface area contributed by atoms with E-state index in [-0.39, 0.29) is 11.2 Å². The SMILES string of the molecule is CC(C)(C)C.C\C(=C(/C=C\C=C(/C)C(O)c1cccc(OC(C)(C)C)c1OC(C)(C)C)OC(C)(C)C)C1CC1. The van der Waals surface area contributed by atoms with Gasteiger partial charge >= 0.3 is 0 Å². The summed E-state index contributed by atoms with van der Waals surface area (Å²) in [6, 6.07) is 5.69. The highest BCUT2D eigenvalue weighted by atomic mass is 16.5. The van der Waals surface area contributed by atoms with Gasteiger partial charge in [-0.1, -0.05) is 52.0 Å². The number of aliphatic hydroxyl groups excluding tert-OH is 1. The molecule has 1 aliphatic rings. The van der Waals surface area contributed by atoms with Gasteiger partial charge in [-0.2, -0.15) is 0 Å². The largest absolute Gasteiger partial charge is 0.488 e. The van der Waals surface area contributed by atoms with E-state index in [0.717, 1.165) is 11.3 Å². The molecule has 0 spiro atoms. The average molecular weight is 543 g/mol. The van der Waals surface area contributed by atoms with Gasteiger partial charge in [0.2, 0.25) is 0 Å². The summed E-state index contributed by atoms with van der Waals surface area (Å²) in [6.45, 7) is 31.0. The lowest BCUT2D eigenvalue weighted by Gasteiger charge is -2.29. The van der Waals surface area contributed by atoms with Gasteiger partial charge in [0.1, 0.15) is 28.7 Å². The first-order valence-electron chi connectivity index (χ1n) is 14.4. The van der Waals surface area contributed by atoms with Crippen LogP contribution in [0.1, 0.15) is 128 Å². The third-order valence-electron chi connectivity index (χ3n) is 5.16. The fourth-order valence-corrected chi connectivity index (χ4v) is 3.49. The molecule has 39 heavy (non-hydrogen) atoms. The van der Waals surface area contributed by atoms with Crippen molar-refractivity contribution in [2.45, 2.75) is 140 Å². The number of rotatable bonds is 8. The molecule has 1 unspecified atom stereocenters. The number of ether oxygens (including phenoxy) is 3. The molecule has 0 amide bonds. The molecule has 4 nitrogen and oxygen atoms in total. The number of para-hydroxylation sites is 1. The zero-order chi connectivity index (χ0) is 30.4. The van der Waals surface area contributed by atoms with Crippen LogP contribution in [0.2, 0.25) is 0 Å². The molecule has 1 aliphatic carbocycles. The van der Waals surface area contributed by atoms with Crippen molar-refractivity contribution in [1.29, 1.82) is 0 Å². The van der Waals surface area contributed by atoms with Crippen LogP contribution in [0.15, 0.2) is 53.3 Å². The van der Waals surface area contributed by atoms with E-state index in [1.807, 2.05) is 84.9 Å². The van der Waals surface area contributed by atoms with Crippen molar-refractivity contribution in [3.63, 3.8) is 0 Å². The molecule has 1 aromatic carbocycles. The Labute approximate surface area is 240 Å². The van der Waals surface area contributed by atoms with Gasteiger partial charge in [0.15, 0.2) is 11.5 Å². The molecule has 0 heterocycles. The van der Waals surface area contributed by atoms with Crippen LogP contribution < -0.4 is 9.47 Å². The van der Waals surface area contributed by atoms with Gasteiger partial charge in [0, 0.05) is 5.56 Å². The van der Waals surface area contributed by atoms with Crippen molar-refractivity contribution in [1.82, 2.24) is 0 Å². The van der Waals surface area contributed by atoms with Gasteiger partial charge in [-0.15, -0.1) is 0 Å². The third kappa shape index (κ3) is 15.2. The quantitative estimate of drug-likeness (QED) is 0.262. The normalized spacial score (nSPS) is 16.8. The second kappa shape index (κ2) is 13.4. The lowest BCUT2D eigenvalue weighted by Crippen LogP contribution is -2.27. The highest BCUT2D eigenvalue weighted by Crippen LogP contribution is 2.41. The van der Waals surface area contributed by atoms with Crippen LogP contribution in [0.25, 0.3) is 0 Å². The fraction of sp³-hybridized carbons (Fsp3) is 0.657. The minimum Gasteiger partial charge on any atom is -0.488 e. The zero-order valence-electron chi connectivity index (χ0n) is 27.7. The Kier molecular flexibility index (Phi) is 12.0. The molecular formula is C35H58O4. The Morgan fingerprint density at radius 3 is 1.77 bits per heavy atom. The van der Waals surface area contributed by atoms with Crippen LogP contribution in [0.4, 0.5) is 0 Å². The van der Waals surface area contributed by atoms with E-state index in [2.05, 4.69) is 55.4 Å². The molecule has 1 atom stereocenters. The Morgan fingerprint density at radius 1 is 0.821 bits per heavy atom. The number of hydrogen-bond donors (Lipinski definition) is 1. The van der Waals surface area contributed by atoms with Crippen LogP contribution in [-0.4, -0.2) is 21.9 Å². The first-order chi connectivity index (χ1) is 17.5. The maximum absolute atomic E-state index is 11.3. The molecule has 0 aliphatic heterocycles. The Bertz CT molecular complexity index is 1000. The number of allylic oxidation sites excluding steroid dienone is 4. The first-order valence-corrected chi connectivity index (χ1v) is 14.4. The number of hydrogen-bond acceptors (Lipinski definition) is 4. The molecule has 0 radical (unpaired) electrons. The van der Waals surface area contributed by atoms with Crippen molar-refractivity contribution in [2.75, 3.05) is 0 Å². The maximum atomic E-state index is 11.3. The van der Waals surface area contributed by atoms with E-state index in [1.165, 1.54) is 18.4 Å². The summed E-state index contributed by atoms with van der Waals surface area (Å²) >= 11 is 0. The van der Waals surface area contributed by atoms with E-state index >= 15 is 0 Å². The summed E-state index contributed by atoms with van der Waals surface area (Å²) in [5, 5.41) is 11.3. The van der Waals surface area contributed by atoms with Crippen LogP contribution in [-0.2, 0) is 4.74 Å². The predicted octanol–water partition coefficient (Wildman–Crippen LogP) is 10.1. The summed E-state index contributed by atoms with van der Waals surface area (Å²) < 4.78 is 18.7. The molecule has 0 saturated heterocycles. The van der Waals surface area contributed by atoms with E-state index in [4.69, 9.17) is 14.2 Å². The van der Waals surface area contributed by atoms with Crippen molar-refractivity contribution in [3.8, 4) is 11.5 Å². The van der Waals surface area contributed by atoms with Gasteiger partial charge < -0.3 is 19.3 Å². The molecule has 1 fully saturated rings. The lowest BCUT2D eigenvalue weighted by molar-refractivity contribution is 0.0574. The molecule has 1 N–H and O–H groups in total. The van der Waals surface area contributed by atoms with E-state index in [0.29, 0.717) is 28.4 Å². The van der Waals surface area contributed by atoms with Gasteiger partial charge in [-0.3, -0.25) is 0 Å². The minimum atomic E-state index is -0.828. The van der Waals surface area contributed by atoms with Crippen LogP contribution in [0.5, 0.6) is 11.5 Å². The summed E-state index contributed by atoms with van der Waals surface area (Å²) in [4.78, 5) is 0. The van der Waals surface area contributed by atoms with Crippen LogP contribution in [0.3, 0.4) is 0 Å². The molecule has 222 valence electrons. The summed E-state index contributed by atoms with van der Waals surface area (Å²) in [7, 11) is 0. The molecule has 1 saturated carbocycles. The summed E-state index contributed by atoms with van der Waals surface area (Å²) in [6.07, 6.45) is 7.55. The average Bonchev–Trinajstić information content (AvgIpc) is 3.54. The molecule has 1 aromatic rings. The standard InChI is InChI=1S/C30H46O4.C5H12/c1-20(14-12-16-24(32-28(3,4)5)21(2)22-18-19-22)26(31)23-15-13-17-25(33-29(6,7)8)27(23)34-30(9,10)11;1-5(2,3)4/h12-17,22,26,31H,18-19H2,1-11H3;1-4H3/b16-12-,20-14+,24-21-;. The predicted molar refractivity (Wildman–Crippen MR) is 166 cm³/mol. The monoisotopic (exact) mass is 542 g/mol. The van der Waals surface area contributed by atoms with Crippen molar-refractivity contribution < 1.29 is 19.3 Å². The second-order valence-corrected chi connectivity index (χ2v) is 15.3. The van der Waals surface area contributed by atoms with Gasteiger partial charge in [-0.25, -0.2) is 0 Å². The molecule has 4 heteroatoms. The van der Waals surface area contributed by atoms with Crippen molar-refractivity contribution in [3.05, 3.63) is 58.9 Å². The zero-order valence-corrected chi connectivity index (χ0v) is 27.7. The summed E-state index contributed by atoms with van der Waals surface area (Å²) in [5.41, 5.74) is 2.21. The third-order valence-corrected chi connectivity index (χ3v) is 5.16. The van der Waals surface area contributed by atoms with E-state index in [9.17, 15) is 5.11 Å². The van der Waals surface area contributed by atoms with Crippen LogP contribution in [0, 0.1) is 11.3 Å². The highest BCUT2D eigenvalue weighted by Gasteiger charge is 2.28. The minimum absolute atomic E-state index is 0.263. The molecule has 0 bridgehead atoms. The van der Waals surface area contributed by atoms with Crippen LogP contribution >= 0.6 is 0 Å². The molecule has 0 aromatic heterocycles. The number of aliphatic hydroxyl groups is 1. The number of benzene rings is 1. The Balaban J connectivity index is 0.00000139. The van der Waals surface area contributed by atoms with Crippen molar-refractivity contribution in [2.24, 2.45) is 11.3 Å². The Hall–Kier alpha value is -2.20. The lowest BCUT2D eigenvalue weighted by atomic mass is 10.00. The molecule has 2 rings (SSSR count). The fourth-order valence-electron chi connectivity index (χ4n) is 3.49. The highest BCUT2D eigenvalue weighted by molar-refractivity contribution is 5.50. The van der Waals surface area contributed by atoms with E-state index in [1.54, 1.807) is 0 Å². The van der Waals surface area contributed by atoms with E-state index < -0.39 is 11.7 Å². The topological polar surface area (TPSA) is 47.9 Å². The second-order valence-electron chi connectivity index (χ2n) is 15.3. The van der Waals surface area contributed by atoms with Gasteiger partial charge in [-0.05, 0) is 124 Å². The smallest absolute Gasteiger partial charge is 0.168 e. The first kappa shape index (κ1) is 34.8. The van der Waals surface area contributed by atoms with Crippen molar-refractivity contribution >= 4 is 0 Å². The molecular weight excluding hydrogens is 484 g/mol. The summed E-state index contributed by atoms with van der Waals surface area (Å²) in [5.74, 6) is 2.76. The van der Waals surface area contributed by atoms with Gasteiger partial charge in [0.25, 0.3) is 0 Å². The Morgan fingerprint density at radius 2 is 1.33 bits per heavy atom. The van der Waals surface area contributed by atoms with Gasteiger partial charge in [0.05, 0.1) is 0 Å². The maximum Gasteiger partial charge on any atom is 0.168 e.